The van der Waals surface area contributed by atoms with Crippen LogP contribution in [0.2, 0.25) is 0 Å². The number of carbonyl (C=O) groups is 2. The van der Waals surface area contributed by atoms with Gasteiger partial charge in [0.25, 0.3) is 5.91 Å². The Hall–Kier alpha value is -3.22. The third kappa shape index (κ3) is 5.72. The molecular formula is C25H32N2O5. The van der Waals surface area contributed by atoms with Crippen molar-refractivity contribution in [1.29, 1.82) is 0 Å². The van der Waals surface area contributed by atoms with E-state index in [1.54, 1.807) is 17.0 Å². The van der Waals surface area contributed by atoms with E-state index in [1.165, 1.54) is 0 Å². The van der Waals surface area contributed by atoms with Crippen LogP contribution in [-0.4, -0.2) is 67.6 Å². The lowest BCUT2D eigenvalue weighted by atomic mass is 10.1. The molecule has 0 spiro atoms. The summed E-state index contributed by atoms with van der Waals surface area (Å²) in [6, 6.07) is 13.1. The van der Waals surface area contributed by atoms with Gasteiger partial charge in [-0.05, 0) is 38.5 Å². The molecule has 0 N–H and O–H groups in total. The second kappa shape index (κ2) is 11.4. The second-order valence-electron chi connectivity index (χ2n) is 7.44. The van der Waals surface area contributed by atoms with Crippen molar-refractivity contribution in [2.45, 2.75) is 27.2 Å². The molecule has 0 saturated carbocycles. The van der Waals surface area contributed by atoms with Crippen LogP contribution in [-0.2, 0) is 11.2 Å². The molecule has 7 nitrogen and oxygen atoms in total. The minimum absolute atomic E-state index is 0.0848. The van der Waals surface area contributed by atoms with Gasteiger partial charge in [0.05, 0.1) is 26.2 Å². The van der Waals surface area contributed by atoms with E-state index in [0.717, 1.165) is 5.56 Å². The summed E-state index contributed by atoms with van der Waals surface area (Å²) in [4.78, 5) is 29.4. The van der Waals surface area contributed by atoms with Gasteiger partial charge in [0.2, 0.25) is 11.7 Å². The summed E-state index contributed by atoms with van der Waals surface area (Å²) in [5.41, 5.74) is 1.49. The molecule has 2 amide bonds. The summed E-state index contributed by atoms with van der Waals surface area (Å²) in [6.45, 7) is 9.04. The first-order valence-corrected chi connectivity index (χ1v) is 11.2. The highest BCUT2D eigenvalue weighted by atomic mass is 16.5. The van der Waals surface area contributed by atoms with Crippen molar-refractivity contribution in [1.82, 2.24) is 9.80 Å². The molecule has 3 rings (SSSR count). The lowest BCUT2D eigenvalue weighted by Crippen LogP contribution is -2.51. The topological polar surface area (TPSA) is 68.3 Å². The summed E-state index contributed by atoms with van der Waals surface area (Å²) < 4.78 is 17.2. The van der Waals surface area contributed by atoms with E-state index in [9.17, 15) is 9.59 Å². The molecule has 1 saturated heterocycles. The number of benzene rings is 2. The van der Waals surface area contributed by atoms with Crippen LogP contribution in [0.4, 0.5) is 0 Å². The Kier molecular flexibility index (Phi) is 8.36. The Morgan fingerprint density at radius 3 is 1.84 bits per heavy atom. The highest BCUT2D eigenvalue weighted by Gasteiger charge is 2.27. The molecule has 1 fully saturated rings. The molecule has 0 unspecified atom stereocenters. The molecule has 0 bridgehead atoms. The number of amides is 2. The molecule has 0 atom stereocenters. The Bertz CT molecular complexity index is 881. The second-order valence-corrected chi connectivity index (χ2v) is 7.44. The fourth-order valence-electron chi connectivity index (χ4n) is 3.74. The van der Waals surface area contributed by atoms with Gasteiger partial charge in [-0.25, -0.2) is 0 Å². The van der Waals surface area contributed by atoms with Crippen molar-refractivity contribution in [3.63, 3.8) is 0 Å². The molecule has 172 valence electrons. The number of nitrogens with zero attached hydrogens (tertiary/aromatic N) is 2. The number of carbonyl (C=O) groups excluding carboxylic acids is 2. The molecule has 0 aromatic heterocycles. The Morgan fingerprint density at radius 2 is 1.31 bits per heavy atom. The van der Waals surface area contributed by atoms with Crippen molar-refractivity contribution >= 4 is 11.8 Å². The van der Waals surface area contributed by atoms with Gasteiger partial charge in [-0.2, -0.15) is 0 Å². The normalized spacial score (nSPS) is 13.6. The Morgan fingerprint density at radius 1 is 0.781 bits per heavy atom. The van der Waals surface area contributed by atoms with E-state index in [4.69, 9.17) is 14.2 Å². The minimum Gasteiger partial charge on any atom is -0.490 e. The zero-order valence-corrected chi connectivity index (χ0v) is 19.1. The highest BCUT2D eigenvalue weighted by Crippen LogP contribution is 2.39. The Balaban J connectivity index is 1.69. The minimum atomic E-state index is -0.106. The van der Waals surface area contributed by atoms with Gasteiger partial charge < -0.3 is 24.0 Å². The third-order valence-electron chi connectivity index (χ3n) is 5.27. The van der Waals surface area contributed by atoms with E-state index in [0.29, 0.717) is 75.2 Å². The molecule has 2 aromatic carbocycles. The summed E-state index contributed by atoms with van der Waals surface area (Å²) in [5, 5.41) is 0. The van der Waals surface area contributed by atoms with E-state index in [1.807, 2.05) is 56.0 Å². The quantitative estimate of drug-likeness (QED) is 0.598. The van der Waals surface area contributed by atoms with Crippen molar-refractivity contribution in [3.05, 3.63) is 53.6 Å². The van der Waals surface area contributed by atoms with Crippen molar-refractivity contribution in [2.24, 2.45) is 0 Å². The van der Waals surface area contributed by atoms with Gasteiger partial charge >= 0.3 is 0 Å². The van der Waals surface area contributed by atoms with Crippen LogP contribution in [0.1, 0.15) is 36.7 Å². The monoisotopic (exact) mass is 440 g/mol. The van der Waals surface area contributed by atoms with Crippen LogP contribution in [0.3, 0.4) is 0 Å². The van der Waals surface area contributed by atoms with Gasteiger partial charge in [0.1, 0.15) is 0 Å². The number of hydrogen-bond donors (Lipinski definition) is 0. The van der Waals surface area contributed by atoms with Gasteiger partial charge in [-0.1, -0.05) is 30.3 Å². The lowest BCUT2D eigenvalue weighted by Gasteiger charge is -2.35. The van der Waals surface area contributed by atoms with E-state index in [2.05, 4.69) is 0 Å². The number of rotatable bonds is 9. The first kappa shape index (κ1) is 23.4. The Labute approximate surface area is 189 Å². The zero-order chi connectivity index (χ0) is 22.9. The van der Waals surface area contributed by atoms with Crippen molar-refractivity contribution < 1.29 is 23.8 Å². The molecule has 0 aliphatic carbocycles. The lowest BCUT2D eigenvalue weighted by molar-refractivity contribution is -0.131. The predicted molar refractivity (Wildman–Crippen MR) is 123 cm³/mol. The molecule has 1 aliphatic rings. The predicted octanol–water partition coefficient (Wildman–Crippen LogP) is 3.41. The average Bonchev–Trinajstić information content (AvgIpc) is 2.81. The molecular weight excluding hydrogens is 408 g/mol. The molecule has 32 heavy (non-hydrogen) atoms. The first-order chi connectivity index (χ1) is 15.6. The standard InChI is InChI=1S/C25H32N2O5/c1-4-30-21-17-20(18-22(31-5-2)24(21)32-6-3)25(29)27-14-12-26(13-15-27)23(28)16-19-10-8-7-9-11-19/h7-11,17-18H,4-6,12-16H2,1-3H3. The fraction of sp³-hybridized carbons (Fsp3) is 0.440. The molecule has 2 aromatic rings. The molecule has 1 aliphatic heterocycles. The molecule has 0 radical (unpaired) electrons. The van der Waals surface area contributed by atoms with Crippen LogP contribution in [0.25, 0.3) is 0 Å². The van der Waals surface area contributed by atoms with E-state index < -0.39 is 0 Å². The van der Waals surface area contributed by atoms with Gasteiger partial charge in [-0.15, -0.1) is 0 Å². The van der Waals surface area contributed by atoms with Gasteiger partial charge in [0, 0.05) is 31.7 Å². The average molecular weight is 441 g/mol. The maximum atomic E-state index is 13.2. The maximum Gasteiger partial charge on any atom is 0.254 e. The van der Waals surface area contributed by atoms with Crippen LogP contribution < -0.4 is 14.2 Å². The first-order valence-electron chi connectivity index (χ1n) is 11.2. The maximum absolute atomic E-state index is 13.2. The highest BCUT2D eigenvalue weighted by molar-refractivity contribution is 5.96. The summed E-state index contributed by atoms with van der Waals surface area (Å²) in [7, 11) is 0. The fourth-order valence-corrected chi connectivity index (χ4v) is 3.74. The van der Waals surface area contributed by atoms with Crippen molar-refractivity contribution in [3.8, 4) is 17.2 Å². The van der Waals surface area contributed by atoms with Gasteiger partial charge in [-0.3, -0.25) is 9.59 Å². The molecule has 7 heteroatoms. The van der Waals surface area contributed by atoms with Crippen LogP contribution in [0.15, 0.2) is 42.5 Å². The van der Waals surface area contributed by atoms with Crippen LogP contribution in [0, 0.1) is 0 Å². The van der Waals surface area contributed by atoms with E-state index in [-0.39, 0.29) is 11.8 Å². The summed E-state index contributed by atoms with van der Waals surface area (Å²) in [5.74, 6) is 1.50. The molecule has 1 heterocycles. The summed E-state index contributed by atoms with van der Waals surface area (Å²) in [6.07, 6.45) is 0.378. The van der Waals surface area contributed by atoms with Crippen molar-refractivity contribution in [2.75, 3.05) is 46.0 Å². The number of piperazine rings is 1. The SMILES string of the molecule is CCOc1cc(C(=O)N2CCN(C(=O)Cc3ccccc3)CC2)cc(OCC)c1OCC. The van der Waals surface area contributed by atoms with Gasteiger partial charge in [0.15, 0.2) is 11.5 Å². The van der Waals surface area contributed by atoms with E-state index >= 15 is 0 Å². The number of ether oxygens (including phenoxy) is 3. The van der Waals surface area contributed by atoms with Crippen LogP contribution >= 0.6 is 0 Å². The van der Waals surface area contributed by atoms with Crippen LogP contribution in [0.5, 0.6) is 17.2 Å². The zero-order valence-electron chi connectivity index (χ0n) is 19.1. The third-order valence-corrected chi connectivity index (χ3v) is 5.27. The number of hydrogen-bond acceptors (Lipinski definition) is 5. The summed E-state index contributed by atoms with van der Waals surface area (Å²) >= 11 is 0. The largest absolute Gasteiger partial charge is 0.490 e. The smallest absolute Gasteiger partial charge is 0.254 e.